The van der Waals surface area contributed by atoms with E-state index in [4.69, 9.17) is 19.9 Å². The van der Waals surface area contributed by atoms with Crippen molar-refractivity contribution in [2.75, 3.05) is 19.8 Å². The Morgan fingerprint density at radius 3 is 2.27 bits per heavy atom. The van der Waals surface area contributed by atoms with Crippen LogP contribution in [0.1, 0.15) is 6.92 Å². The predicted octanol–water partition coefficient (Wildman–Crippen LogP) is -3.47. The summed E-state index contributed by atoms with van der Waals surface area (Å²) in [6.45, 7) is 1.18. The summed E-state index contributed by atoms with van der Waals surface area (Å²) in [5, 5.41) is 48.4. The van der Waals surface area contributed by atoms with Gasteiger partial charge in [0.2, 0.25) is 0 Å². The molecule has 0 aliphatic carbocycles. The number of aliphatic hydroxyl groups excluding tert-OH is 5. The highest BCUT2D eigenvalue weighted by Crippen LogP contribution is 2.28. The SMILES string of the molecule is C[C@H]1CO[C@H](CO)[C@@H](O[C@@H]2O[C@H](CO)[C@@H](O)[C@H](O)[C@H]2N)[C@@H]1O. The van der Waals surface area contributed by atoms with E-state index in [9.17, 15) is 25.5 Å². The lowest BCUT2D eigenvalue weighted by atomic mass is 9.93. The standard InChI is InChI=1S/C13H25NO8/c1-5-4-20-7(3-16)12(9(5)17)22-13-8(14)11(19)10(18)6(2-15)21-13/h5-13,15-19H,2-4,14H2,1H3/t5-,6+,7+,8+,9+,10+,11+,12+,13-/m0/s1. The van der Waals surface area contributed by atoms with Crippen molar-refractivity contribution >= 4 is 0 Å². The van der Waals surface area contributed by atoms with Crippen molar-refractivity contribution in [3.05, 3.63) is 0 Å². The predicted molar refractivity (Wildman–Crippen MR) is 72.6 cm³/mol. The first kappa shape index (κ1) is 18.0. The molecule has 0 aromatic carbocycles. The molecule has 0 unspecified atom stereocenters. The number of nitrogens with two attached hydrogens (primary N) is 1. The lowest BCUT2D eigenvalue weighted by Crippen LogP contribution is -2.64. The lowest BCUT2D eigenvalue weighted by molar-refractivity contribution is -0.308. The van der Waals surface area contributed by atoms with Gasteiger partial charge >= 0.3 is 0 Å². The van der Waals surface area contributed by atoms with E-state index in [0.717, 1.165) is 0 Å². The van der Waals surface area contributed by atoms with Gasteiger partial charge in [0.1, 0.15) is 30.5 Å². The average molecular weight is 323 g/mol. The largest absolute Gasteiger partial charge is 0.394 e. The first-order valence-electron chi connectivity index (χ1n) is 7.34. The zero-order chi connectivity index (χ0) is 16.4. The van der Waals surface area contributed by atoms with E-state index in [-0.39, 0.29) is 19.1 Å². The van der Waals surface area contributed by atoms with Crippen LogP contribution in [0.4, 0.5) is 0 Å². The van der Waals surface area contributed by atoms with Gasteiger partial charge in [-0.2, -0.15) is 0 Å². The Morgan fingerprint density at radius 2 is 1.68 bits per heavy atom. The average Bonchev–Trinajstić information content (AvgIpc) is 2.52. The Kier molecular flexibility index (Phi) is 6.11. The summed E-state index contributed by atoms with van der Waals surface area (Å²) in [6.07, 6.45) is -7.43. The minimum Gasteiger partial charge on any atom is -0.394 e. The normalized spacial score (nSPS) is 50.0. The highest BCUT2D eigenvalue weighted by Gasteiger charge is 2.47. The van der Waals surface area contributed by atoms with Crippen LogP contribution in [0.5, 0.6) is 0 Å². The quantitative estimate of drug-likeness (QED) is 0.309. The molecule has 2 heterocycles. The number of hydrogen-bond acceptors (Lipinski definition) is 9. The van der Waals surface area contributed by atoms with Crippen molar-refractivity contribution < 1.29 is 39.7 Å². The summed E-state index contributed by atoms with van der Waals surface area (Å²) in [4.78, 5) is 0. The molecule has 2 aliphatic rings. The fourth-order valence-corrected chi connectivity index (χ4v) is 2.72. The number of hydrogen-bond donors (Lipinski definition) is 6. The highest BCUT2D eigenvalue weighted by molar-refractivity contribution is 4.93. The second-order valence-electron chi connectivity index (χ2n) is 5.91. The van der Waals surface area contributed by atoms with Gasteiger partial charge < -0.3 is 45.5 Å². The van der Waals surface area contributed by atoms with E-state index in [1.54, 1.807) is 6.92 Å². The molecule has 0 aromatic rings. The fraction of sp³-hybridized carbons (Fsp3) is 1.00. The molecule has 9 heteroatoms. The fourth-order valence-electron chi connectivity index (χ4n) is 2.72. The minimum atomic E-state index is -1.34. The van der Waals surface area contributed by atoms with Crippen molar-refractivity contribution in [1.29, 1.82) is 0 Å². The van der Waals surface area contributed by atoms with Crippen LogP contribution in [0.3, 0.4) is 0 Å². The van der Waals surface area contributed by atoms with Gasteiger partial charge in [-0.25, -0.2) is 0 Å². The topological polar surface area (TPSA) is 155 Å². The third-order valence-corrected chi connectivity index (χ3v) is 4.26. The molecule has 2 aliphatic heterocycles. The van der Waals surface area contributed by atoms with Crippen LogP contribution in [0, 0.1) is 5.92 Å². The van der Waals surface area contributed by atoms with Crippen molar-refractivity contribution in [3.63, 3.8) is 0 Å². The maximum absolute atomic E-state index is 10.2. The maximum atomic E-state index is 10.2. The zero-order valence-electron chi connectivity index (χ0n) is 12.4. The van der Waals surface area contributed by atoms with Gasteiger partial charge in [-0.1, -0.05) is 6.92 Å². The summed E-state index contributed by atoms with van der Waals surface area (Å²) < 4.78 is 16.4. The molecule has 2 rings (SSSR count). The second-order valence-corrected chi connectivity index (χ2v) is 5.91. The van der Waals surface area contributed by atoms with E-state index < -0.39 is 55.6 Å². The first-order chi connectivity index (χ1) is 10.4. The van der Waals surface area contributed by atoms with Crippen LogP contribution in [0.25, 0.3) is 0 Å². The van der Waals surface area contributed by atoms with E-state index in [2.05, 4.69) is 0 Å². The summed E-state index contributed by atoms with van der Waals surface area (Å²) >= 11 is 0. The van der Waals surface area contributed by atoms with Crippen molar-refractivity contribution in [3.8, 4) is 0 Å². The van der Waals surface area contributed by atoms with Crippen LogP contribution < -0.4 is 5.73 Å². The Labute approximate surface area is 128 Å². The second kappa shape index (κ2) is 7.47. The Hall–Kier alpha value is -0.360. The van der Waals surface area contributed by atoms with Gasteiger partial charge in [0, 0.05) is 5.92 Å². The van der Waals surface area contributed by atoms with Crippen molar-refractivity contribution in [1.82, 2.24) is 0 Å². The molecule has 130 valence electrons. The van der Waals surface area contributed by atoms with Gasteiger partial charge in [-0.15, -0.1) is 0 Å². The zero-order valence-corrected chi connectivity index (χ0v) is 12.4. The minimum absolute atomic E-state index is 0.211. The molecule has 0 aromatic heterocycles. The lowest BCUT2D eigenvalue weighted by Gasteiger charge is -2.45. The third kappa shape index (κ3) is 3.42. The van der Waals surface area contributed by atoms with Crippen molar-refractivity contribution in [2.45, 2.75) is 55.9 Å². The van der Waals surface area contributed by atoms with Crippen molar-refractivity contribution in [2.24, 2.45) is 11.7 Å². The molecule has 0 spiro atoms. The van der Waals surface area contributed by atoms with Crippen LogP contribution >= 0.6 is 0 Å². The van der Waals surface area contributed by atoms with Crippen LogP contribution in [0.15, 0.2) is 0 Å². The molecule has 0 radical (unpaired) electrons. The van der Waals surface area contributed by atoms with E-state index in [1.807, 2.05) is 0 Å². The molecule has 2 fully saturated rings. The van der Waals surface area contributed by atoms with Crippen LogP contribution in [-0.4, -0.2) is 94.3 Å². The molecule has 9 atom stereocenters. The summed E-state index contributed by atoms with van der Waals surface area (Å²) in [6, 6.07) is -1.07. The van der Waals surface area contributed by atoms with Crippen LogP contribution in [-0.2, 0) is 14.2 Å². The van der Waals surface area contributed by atoms with Gasteiger partial charge in [0.15, 0.2) is 6.29 Å². The smallest absolute Gasteiger partial charge is 0.176 e. The van der Waals surface area contributed by atoms with Gasteiger partial charge in [0.25, 0.3) is 0 Å². The molecule has 0 saturated carbocycles. The summed E-state index contributed by atoms with van der Waals surface area (Å²) in [7, 11) is 0. The van der Waals surface area contributed by atoms with Gasteiger partial charge in [0.05, 0.1) is 32.0 Å². The number of aliphatic hydroxyl groups is 5. The maximum Gasteiger partial charge on any atom is 0.176 e. The Morgan fingerprint density at radius 1 is 1.05 bits per heavy atom. The highest BCUT2D eigenvalue weighted by atomic mass is 16.7. The monoisotopic (exact) mass is 323 g/mol. The molecule has 0 amide bonds. The molecule has 9 nitrogen and oxygen atoms in total. The van der Waals surface area contributed by atoms with E-state index >= 15 is 0 Å². The molecule has 7 N–H and O–H groups in total. The van der Waals surface area contributed by atoms with Crippen LogP contribution in [0.2, 0.25) is 0 Å². The first-order valence-corrected chi connectivity index (χ1v) is 7.34. The van der Waals surface area contributed by atoms with Gasteiger partial charge in [-0.05, 0) is 0 Å². The van der Waals surface area contributed by atoms with E-state index in [1.165, 1.54) is 0 Å². The molecule has 0 bridgehead atoms. The third-order valence-electron chi connectivity index (χ3n) is 4.26. The van der Waals surface area contributed by atoms with Gasteiger partial charge in [-0.3, -0.25) is 0 Å². The van der Waals surface area contributed by atoms with E-state index in [0.29, 0.717) is 0 Å². The Bertz CT molecular complexity index is 355. The molecule has 2 saturated heterocycles. The summed E-state index contributed by atoms with van der Waals surface area (Å²) in [5.41, 5.74) is 5.79. The molecular weight excluding hydrogens is 298 g/mol. The number of rotatable bonds is 4. The number of ether oxygens (including phenoxy) is 3. The molecule has 22 heavy (non-hydrogen) atoms. The molecular formula is C13H25NO8. The Balaban J connectivity index is 2.09. The summed E-state index contributed by atoms with van der Waals surface area (Å²) in [5.74, 6) is -0.211.